The van der Waals surface area contributed by atoms with E-state index in [2.05, 4.69) is 0 Å². The van der Waals surface area contributed by atoms with E-state index >= 15 is 0 Å². The molecule has 1 heterocycles. The summed E-state index contributed by atoms with van der Waals surface area (Å²) in [6.45, 7) is 1.41. The lowest BCUT2D eigenvalue weighted by atomic mass is 9.73. The third-order valence-corrected chi connectivity index (χ3v) is 6.29. The Bertz CT molecular complexity index is 945. The van der Waals surface area contributed by atoms with Crippen molar-refractivity contribution in [3.05, 3.63) is 35.9 Å². The molecule has 2 atom stereocenters. The first-order chi connectivity index (χ1) is 17.3. The monoisotopic (exact) mass is 503 g/mol. The average molecular weight is 504 g/mol. The predicted octanol–water partition coefficient (Wildman–Crippen LogP) is 3.29. The molecule has 1 aliphatic heterocycles. The van der Waals surface area contributed by atoms with Crippen molar-refractivity contribution in [3.63, 3.8) is 0 Å². The number of ether oxygens (including phenoxy) is 2. The van der Waals surface area contributed by atoms with E-state index in [4.69, 9.17) is 30.5 Å². The predicted molar refractivity (Wildman–Crippen MR) is 135 cm³/mol. The smallest absolute Gasteiger partial charge is 0.328 e. The summed E-state index contributed by atoms with van der Waals surface area (Å²) in [5.74, 6) is -0.658. The Morgan fingerprint density at radius 2 is 1.61 bits per heavy atom. The average Bonchev–Trinajstić information content (AvgIpc) is 2.88. The lowest BCUT2D eigenvalue weighted by Gasteiger charge is -2.38. The van der Waals surface area contributed by atoms with Crippen LogP contribution in [0, 0.1) is 11.8 Å². The highest BCUT2D eigenvalue weighted by Crippen LogP contribution is 2.39. The molecule has 36 heavy (non-hydrogen) atoms. The summed E-state index contributed by atoms with van der Waals surface area (Å²) >= 11 is 0. The summed E-state index contributed by atoms with van der Waals surface area (Å²) in [4.78, 5) is 32.1. The third kappa shape index (κ3) is 8.37. The van der Waals surface area contributed by atoms with Gasteiger partial charge in [0.1, 0.15) is 0 Å². The van der Waals surface area contributed by atoms with E-state index < -0.39 is 11.9 Å². The standard InChI is InChI=1S/C22H33N3O3.C4H4O4/c1-27-19-12-11-16(15-20(19)28-2)21-17-9-5-6-10-18(17)22(26)25(24-21)14-8-4-3-7-13-23;5-3(6)1-2-4(7)8/h11-12,15,17-18H,3-10,13-14,23H2,1-2H3;1-2H,(H,5,6)(H,7,8)/b;2-1+/t17-,18+;/m1./s1. The van der Waals surface area contributed by atoms with Crippen LogP contribution < -0.4 is 15.2 Å². The van der Waals surface area contributed by atoms with E-state index in [0.717, 1.165) is 69.2 Å². The fourth-order valence-corrected chi connectivity index (χ4v) is 4.53. The Hall–Kier alpha value is -3.40. The number of nitrogens with zero attached hydrogens (tertiary/aromatic N) is 2. The van der Waals surface area contributed by atoms with Crippen LogP contribution in [0.25, 0.3) is 0 Å². The number of benzene rings is 1. The van der Waals surface area contributed by atoms with Gasteiger partial charge in [-0.3, -0.25) is 4.79 Å². The van der Waals surface area contributed by atoms with Crippen LogP contribution in [-0.4, -0.2) is 66.1 Å². The molecule has 10 heteroatoms. The highest BCUT2D eigenvalue weighted by atomic mass is 16.5. The molecule has 3 rings (SSSR count). The highest BCUT2D eigenvalue weighted by Gasteiger charge is 2.41. The second-order valence-corrected chi connectivity index (χ2v) is 8.73. The van der Waals surface area contributed by atoms with Gasteiger partial charge in [0, 0.05) is 36.1 Å². The molecule has 1 saturated carbocycles. The summed E-state index contributed by atoms with van der Waals surface area (Å²) < 4.78 is 10.9. The maximum absolute atomic E-state index is 13.0. The Labute approximate surface area is 211 Å². The van der Waals surface area contributed by atoms with Gasteiger partial charge in [0.25, 0.3) is 0 Å². The minimum Gasteiger partial charge on any atom is -0.493 e. The zero-order valence-electron chi connectivity index (χ0n) is 21.0. The minimum absolute atomic E-state index is 0.0541. The maximum atomic E-state index is 13.0. The van der Waals surface area contributed by atoms with Crippen LogP contribution in [0.5, 0.6) is 11.5 Å². The lowest BCUT2D eigenvalue weighted by molar-refractivity contribution is -0.139. The molecule has 0 unspecified atom stereocenters. The molecule has 0 spiro atoms. The molecule has 198 valence electrons. The number of unbranched alkanes of at least 4 members (excludes halogenated alkanes) is 3. The van der Waals surface area contributed by atoms with E-state index in [9.17, 15) is 14.4 Å². The summed E-state index contributed by atoms with van der Waals surface area (Å²) in [5.41, 5.74) is 7.61. The van der Waals surface area contributed by atoms with Crippen LogP contribution in [0.1, 0.15) is 56.9 Å². The second-order valence-electron chi connectivity index (χ2n) is 8.73. The van der Waals surface area contributed by atoms with Crippen molar-refractivity contribution in [2.45, 2.75) is 51.4 Å². The number of hydrogen-bond acceptors (Lipinski definition) is 7. The van der Waals surface area contributed by atoms with Gasteiger partial charge in [-0.1, -0.05) is 25.7 Å². The fourth-order valence-electron chi connectivity index (χ4n) is 4.53. The van der Waals surface area contributed by atoms with Crippen molar-refractivity contribution >= 4 is 23.6 Å². The van der Waals surface area contributed by atoms with Gasteiger partial charge in [-0.2, -0.15) is 5.10 Å². The van der Waals surface area contributed by atoms with Crippen LogP contribution in [0.2, 0.25) is 0 Å². The fraction of sp³-hybridized carbons (Fsp3) is 0.538. The maximum Gasteiger partial charge on any atom is 0.328 e. The number of rotatable bonds is 11. The molecule has 4 N–H and O–H groups in total. The summed E-state index contributed by atoms with van der Waals surface area (Å²) in [6.07, 6.45) is 9.56. The molecule has 10 nitrogen and oxygen atoms in total. The molecule has 1 amide bonds. The molecule has 1 fully saturated rings. The SMILES string of the molecule is COc1ccc(C2=NN(CCCCCCN)C(=O)[C@H]3CCCC[C@@H]23)cc1OC.O=C(O)/C=C/C(=O)O. The van der Waals surface area contributed by atoms with Crippen LogP contribution in [-0.2, 0) is 14.4 Å². The molecular formula is C26H37N3O7. The van der Waals surface area contributed by atoms with Gasteiger partial charge in [0.2, 0.25) is 5.91 Å². The van der Waals surface area contributed by atoms with Crippen LogP contribution in [0.3, 0.4) is 0 Å². The highest BCUT2D eigenvalue weighted by molar-refractivity contribution is 6.07. The molecule has 1 aromatic rings. The number of nitrogens with two attached hydrogens (primary N) is 1. The number of fused-ring (bicyclic) bond motifs is 1. The van der Waals surface area contributed by atoms with Crippen molar-refractivity contribution in [3.8, 4) is 11.5 Å². The molecule has 0 radical (unpaired) electrons. The van der Waals surface area contributed by atoms with Crippen LogP contribution >= 0.6 is 0 Å². The minimum atomic E-state index is -1.26. The quantitative estimate of drug-likeness (QED) is 0.307. The molecule has 1 aliphatic carbocycles. The molecule has 0 saturated heterocycles. The Balaban J connectivity index is 0.000000493. The zero-order valence-corrected chi connectivity index (χ0v) is 21.0. The third-order valence-electron chi connectivity index (χ3n) is 6.29. The molecule has 2 aliphatic rings. The van der Waals surface area contributed by atoms with Gasteiger partial charge in [-0.25, -0.2) is 14.6 Å². The van der Waals surface area contributed by atoms with Crippen LogP contribution in [0.4, 0.5) is 0 Å². The van der Waals surface area contributed by atoms with Gasteiger partial charge < -0.3 is 25.4 Å². The Morgan fingerprint density at radius 3 is 2.19 bits per heavy atom. The van der Waals surface area contributed by atoms with E-state index in [1.165, 1.54) is 0 Å². The Kier molecular flexibility index (Phi) is 11.9. The first-order valence-corrected chi connectivity index (χ1v) is 12.3. The normalized spacial score (nSPS) is 19.1. The van der Waals surface area contributed by atoms with Crippen molar-refractivity contribution < 1.29 is 34.1 Å². The first-order valence-electron chi connectivity index (χ1n) is 12.3. The van der Waals surface area contributed by atoms with Gasteiger partial charge in [0.05, 0.1) is 19.9 Å². The second kappa shape index (κ2) is 14.9. The summed E-state index contributed by atoms with van der Waals surface area (Å²) in [5, 5.41) is 22.2. The number of carbonyl (C=O) groups excluding carboxylic acids is 1. The van der Waals surface area contributed by atoms with E-state index in [1.807, 2.05) is 18.2 Å². The number of hydrogen-bond donors (Lipinski definition) is 3. The molecule has 0 bridgehead atoms. The molecule has 0 aromatic heterocycles. The van der Waals surface area contributed by atoms with Gasteiger partial charge in [-0.15, -0.1) is 0 Å². The van der Waals surface area contributed by atoms with Crippen molar-refractivity contribution in [2.75, 3.05) is 27.3 Å². The van der Waals surface area contributed by atoms with Crippen molar-refractivity contribution in [2.24, 2.45) is 22.7 Å². The summed E-state index contributed by atoms with van der Waals surface area (Å²) in [7, 11) is 3.28. The number of amides is 1. The molecular weight excluding hydrogens is 466 g/mol. The topological polar surface area (TPSA) is 152 Å². The number of aliphatic carboxylic acids is 2. The number of methoxy groups -OCH3 is 2. The van der Waals surface area contributed by atoms with Crippen molar-refractivity contribution in [1.82, 2.24) is 5.01 Å². The number of carboxylic acids is 2. The van der Waals surface area contributed by atoms with E-state index in [1.54, 1.807) is 19.2 Å². The number of carboxylic acid groups (broad SMARTS) is 2. The molecule has 1 aromatic carbocycles. The Morgan fingerprint density at radius 1 is 1.00 bits per heavy atom. The van der Waals surface area contributed by atoms with Gasteiger partial charge in [0.15, 0.2) is 11.5 Å². The van der Waals surface area contributed by atoms with Gasteiger partial charge in [-0.05, 0) is 50.4 Å². The summed E-state index contributed by atoms with van der Waals surface area (Å²) in [6, 6.07) is 5.93. The lowest BCUT2D eigenvalue weighted by Crippen LogP contribution is -2.46. The van der Waals surface area contributed by atoms with Crippen molar-refractivity contribution in [1.29, 1.82) is 0 Å². The van der Waals surface area contributed by atoms with E-state index in [0.29, 0.717) is 30.2 Å². The first kappa shape index (κ1) is 28.8. The largest absolute Gasteiger partial charge is 0.493 e. The number of hydrazone groups is 1. The van der Waals surface area contributed by atoms with Gasteiger partial charge >= 0.3 is 11.9 Å². The zero-order chi connectivity index (χ0) is 26.5. The van der Waals surface area contributed by atoms with E-state index in [-0.39, 0.29) is 17.7 Å². The van der Waals surface area contributed by atoms with Crippen LogP contribution in [0.15, 0.2) is 35.5 Å². The number of carbonyl (C=O) groups is 3.